The fourth-order valence-corrected chi connectivity index (χ4v) is 1.70. The predicted octanol–water partition coefficient (Wildman–Crippen LogP) is 3.58. The van der Waals surface area contributed by atoms with E-state index in [1.54, 1.807) is 0 Å². The third kappa shape index (κ3) is 3.90. The van der Waals surface area contributed by atoms with Gasteiger partial charge in [0, 0.05) is 6.54 Å². The largest absolute Gasteiger partial charge is 0.457 e. The molecule has 0 amide bonds. The van der Waals surface area contributed by atoms with Gasteiger partial charge in [0.25, 0.3) is 0 Å². The zero-order valence-electron chi connectivity index (χ0n) is 11.0. The van der Waals surface area contributed by atoms with Crippen molar-refractivity contribution in [2.45, 2.75) is 6.42 Å². The molecule has 0 fully saturated rings. The van der Waals surface area contributed by atoms with Gasteiger partial charge in [0.1, 0.15) is 11.5 Å². The van der Waals surface area contributed by atoms with Gasteiger partial charge in [-0.05, 0) is 50.3 Å². The van der Waals surface area contributed by atoms with Gasteiger partial charge >= 0.3 is 0 Å². The van der Waals surface area contributed by atoms with Gasteiger partial charge in [0.05, 0.1) is 0 Å². The lowest BCUT2D eigenvalue weighted by Gasteiger charge is -2.10. The minimum Gasteiger partial charge on any atom is -0.457 e. The summed E-state index contributed by atoms with van der Waals surface area (Å²) < 4.78 is 5.75. The van der Waals surface area contributed by atoms with Crippen LogP contribution in [0.15, 0.2) is 54.6 Å². The van der Waals surface area contributed by atoms with E-state index in [1.165, 1.54) is 5.56 Å². The maximum Gasteiger partial charge on any atom is 0.127 e. The first kappa shape index (κ1) is 12.7. The minimum absolute atomic E-state index is 0.874. The molecule has 2 heteroatoms. The van der Waals surface area contributed by atoms with Crippen LogP contribution in [0.5, 0.6) is 11.5 Å². The molecule has 0 N–H and O–H groups in total. The fraction of sp³-hybridized carbons (Fsp3) is 0.250. The van der Waals surface area contributed by atoms with Crippen LogP contribution in [0.2, 0.25) is 0 Å². The Hall–Kier alpha value is -1.80. The molecule has 0 aromatic heterocycles. The molecule has 0 heterocycles. The van der Waals surface area contributed by atoms with Crippen molar-refractivity contribution in [3.05, 3.63) is 60.2 Å². The molecule has 94 valence electrons. The van der Waals surface area contributed by atoms with Crippen LogP contribution in [-0.2, 0) is 6.42 Å². The first-order chi connectivity index (χ1) is 8.74. The maximum atomic E-state index is 5.75. The molecule has 0 radical (unpaired) electrons. The van der Waals surface area contributed by atoms with Crippen molar-refractivity contribution in [2.24, 2.45) is 0 Å². The quantitative estimate of drug-likeness (QED) is 0.793. The van der Waals surface area contributed by atoms with Crippen LogP contribution in [0, 0.1) is 0 Å². The van der Waals surface area contributed by atoms with Crippen molar-refractivity contribution >= 4 is 0 Å². The van der Waals surface area contributed by atoms with E-state index in [0.29, 0.717) is 0 Å². The van der Waals surface area contributed by atoms with Crippen molar-refractivity contribution in [2.75, 3.05) is 20.6 Å². The van der Waals surface area contributed by atoms with Crippen LogP contribution in [0.1, 0.15) is 5.56 Å². The van der Waals surface area contributed by atoms with Gasteiger partial charge in [-0.2, -0.15) is 0 Å². The summed E-state index contributed by atoms with van der Waals surface area (Å²) in [7, 11) is 4.18. The van der Waals surface area contributed by atoms with Crippen molar-refractivity contribution in [3.8, 4) is 11.5 Å². The lowest BCUT2D eigenvalue weighted by atomic mass is 10.1. The molecular weight excluding hydrogens is 222 g/mol. The summed E-state index contributed by atoms with van der Waals surface area (Å²) in [6.07, 6.45) is 1.07. The summed E-state index contributed by atoms with van der Waals surface area (Å²) in [5.74, 6) is 1.76. The molecule has 0 spiro atoms. The fourth-order valence-electron chi connectivity index (χ4n) is 1.70. The number of hydrogen-bond donors (Lipinski definition) is 0. The third-order valence-electron chi connectivity index (χ3n) is 2.75. The van der Waals surface area contributed by atoms with Crippen molar-refractivity contribution in [1.82, 2.24) is 4.90 Å². The zero-order chi connectivity index (χ0) is 12.8. The Morgan fingerprint density at radius 1 is 0.833 bits per heavy atom. The van der Waals surface area contributed by atoms with Gasteiger partial charge in [-0.3, -0.25) is 0 Å². The van der Waals surface area contributed by atoms with Gasteiger partial charge in [-0.15, -0.1) is 0 Å². The highest BCUT2D eigenvalue weighted by atomic mass is 16.5. The standard InChI is InChI=1S/C16H19NO/c1-17(2)13-12-14-8-10-16(11-9-14)18-15-6-4-3-5-7-15/h3-11H,12-13H2,1-2H3. The van der Waals surface area contributed by atoms with E-state index in [2.05, 4.69) is 31.1 Å². The average molecular weight is 241 g/mol. The van der Waals surface area contributed by atoms with Gasteiger partial charge < -0.3 is 9.64 Å². The molecule has 0 bridgehead atoms. The molecule has 2 aromatic carbocycles. The second-order valence-corrected chi connectivity index (χ2v) is 4.61. The van der Waals surface area contributed by atoms with Gasteiger partial charge in [0.15, 0.2) is 0 Å². The Morgan fingerprint density at radius 2 is 1.44 bits per heavy atom. The second kappa shape index (κ2) is 6.22. The Morgan fingerprint density at radius 3 is 2.06 bits per heavy atom. The molecule has 2 nitrogen and oxygen atoms in total. The summed E-state index contributed by atoms with van der Waals surface area (Å²) in [6.45, 7) is 1.07. The molecule has 0 saturated carbocycles. The molecule has 2 aromatic rings. The molecule has 0 unspecified atom stereocenters. The topological polar surface area (TPSA) is 12.5 Å². The highest BCUT2D eigenvalue weighted by molar-refractivity contribution is 5.32. The summed E-state index contributed by atoms with van der Waals surface area (Å²) in [5.41, 5.74) is 1.34. The van der Waals surface area contributed by atoms with E-state index >= 15 is 0 Å². The summed E-state index contributed by atoms with van der Waals surface area (Å²) >= 11 is 0. The molecular formula is C16H19NO. The monoisotopic (exact) mass is 241 g/mol. The number of benzene rings is 2. The van der Waals surface area contributed by atoms with E-state index in [1.807, 2.05) is 42.5 Å². The van der Waals surface area contributed by atoms with E-state index in [-0.39, 0.29) is 0 Å². The van der Waals surface area contributed by atoms with Crippen LogP contribution in [0.3, 0.4) is 0 Å². The van der Waals surface area contributed by atoms with E-state index < -0.39 is 0 Å². The van der Waals surface area contributed by atoms with Crippen molar-refractivity contribution < 1.29 is 4.74 Å². The van der Waals surface area contributed by atoms with Gasteiger partial charge in [0.2, 0.25) is 0 Å². The minimum atomic E-state index is 0.874. The van der Waals surface area contributed by atoms with Gasteiger partial charge in [-0.1, -0.05) is 30.3 Å². The highest BCUT2D eigenvalue weighted by Crippen LogP contribution is 2.21. The molecule has 2 rings (SSSR count). The number of ether oxygens (including phenoxy) is 1. The average Bonchev–Trinajstić information content (AvgIpc) is 2.39. The number of rotatable bonds is 5. The Labute approximate surface area is 109 Å². The Bertz CT molecular complexity index is 462. The number of likely N-dealkylation sites (N-methyl/N-ethyl adjacent to an activating group) is 1. The number of para-hydroxylation sites is 1. The van der Waals surface area contributed by atoms with Crippen molar-refractivity contribution in [3.63, 3.8) is 0 Å². The highest BCUT2D eigenvalue weighted by Gasteiger charge is 1.98. The van der Waals surface area contributed by atoms with Crippen molar-refractivity contribution in [1.29, 1.82) is 0 Å². The number of hydrogen-bond acceptors (Lipinski definition) is 2. The molecule has 0 aliphatic rings. The SMILES string of the molecule is CN(C)CCc1ccc(Oc2ccccc2)cc1. The van der Waals surface area contributed by atoms with Crippen LogP contribution in [0.25, 0.3) is 0 Å². The first-order valence-electron chi connectivity index (χ1n) is 6.20. The summed E-state index contributed by atoms with van der Waals surface area (Å²) in [5, 5.41) is 0. The maximum absolute atomic E-state index is 5.75. The molecule has 0 aliphatic carbocycles. The zero-order valence-corrected chi connectivity index (χ0v) is 11.0. The lowest BCUT2D eigenvalue weighted by molar-refractivity contribution is 0.413. The Kier molecular flexibility index (Phi) is 4.37. The normalized spacial score (nSPS) is 10.6. The molecule has 0 atom stereocenters. The second-order valence-electron chi connectivity index (χ2n) is 4.61. The lowest BCUT2D eigenvalue weighted by Crippen LogP contribution is -2.14. The predicted molar refractivity (Wildman–Crippen MR) is 75.2 cm³/mol. The van der Waals surface area contributed by atoms with Crippen LogP contribution in [-0.4, -0.2) is 25.5 Å². The van der Waals surface area contributed by atoms with Crippen LogP contribution in [0.4, 0.5) is 0 Å². The van der Waals surface area contributed by atoms with E-state index in [4.69, 9.17) is 4.74 Å². The molecule has 0 aliphatic heterocycles. The first-order valence-corrected chi connectivity index (χ1v) is 6.20. The van der Waals surface area contributed by atoms with Crippen LogP contribution < -0.4 is 4.74 Å². The molecule has 0 saturated heterocycles. The van der Waals surface area contributed by atoms with E-state index in [0.717, 1.165) is 24.5 Å². The van der Waals surface area contributed by atoms with E-state index in [9.17, 15) is 0 Å². The number of nitrogens with zero attached hydrogens (tertiary/aromatic N) is 1. The van der Waals surface area contributed by atoms with Crippen LogP contribution >= 0.6 is 0 Å². The summed E-state index contributed by atoms with van der Waals surface area (Å²) in [4.78, 5) is 2.19. The molecule has 18 heavy (non-hydrogen) atoms. The van der Waals surface area contributed by atoms with Gasteiger partial charge in [-0.25, -0.2) is 0 Å². The summed E-state index contributed by atoms with van der Waals surface area (Å²) in [6, 6.07) is 18.2. The Balaban J connectivity index is 1.95. The third-order valence-corrected chi connectivity index (χ3v) is 2.75. The smallest absolute Gasteiger partial charge is 0.127 e.